The van der Waals surface area contributed by atoms with E-state index in [2.05, 4.69) is 28.9 Å². The highest BCUT2D eigenvalue weighted by atomic mass is 32.2. The Kier molecular flexibility index (Phi) is 20.0. The molecule has 0 atom stereocenters. The molecule has 2 aliphatic heterocycles. The molecule has 4 aromatic carbocycles. The standard InChI is InChI=1S/C56H62N12O16S4/c69-45(70)13-5-1-9-25-57-85(77,78)33-17-21-37-41(29-33)53-61-49(37)66-54-43-31-35(87(81,82)59-27-11-3-7-15-47(73)74)19-23-39(43)51(63-54)68-56-44-32-36(88(83,84)60-28-12-4-8-16-48(75)76)20-24-40(44)52(64-56)67-55-42-30-34(18-22-38(42)50(62-55)65-53)86(79,80)58-26-10-2-6-14-46(71)72/h17-24,29-32,57-60H,1-16,25-28H2,(H,69,70)(H,71,72)(H,73,74)(H,75,76)(H2,61,62,63,64,65,66,67,68). The molecule has 88 heavy (non-hydrogen) atoms. The predicted molar refractivity (Wildman–Crippen MR) is 321 cm³/mol. The SMILES string of the molecule is O=C(O)CCCCCNS(=O)(=O)c1ccc2c(c1)-c1nc-2nc2[nH]c(nc3nc(nc4[nH]c(n1)c1ccc(S(=O)(=O)NCCCCCC(=O)O)cc41)-c1ccc(S(=O)(=O)NCCCCCC(=O)O)cc1-3)c1ccc(S(=O)(=O)NCCCCCC(=O)O)cc21. The molecule has 2 aliphatic rings. The van der Waals surface area contributed by atoms with Crippen molar-refractivity contribution in [3.8, 4) is 45.6 Å². The number of rotatable bonds is 32. The van der Waals surface area contributed by atoms with Gasteiger partial charge in [0.2, 0.25) is 40.1 Å². The second-order valence-electron chi connectivity index (χ2n) is 20.8. The first kappa shape index (κ1) is 64.2. The quantitative estimate of drug-likeness (QED) is 0.0199. The van der Waals surface area contributed by atoms with Crippen LogP contribution in [0.1, 0.15) is 103 Å². The summed E-state index contributed by atoms with van der Waals surface area (Å²) in [5.41, 5.74) is 0.987. The highest BCUT2D eigenvalue weighted by Crippen LogP contribution is 2.39. The number of H-pyrrole nitrogens is 2. The highest BCUT2D eigenvalue weighted by molar-refractivity contribution is 7.90. The van der Waals surface area contributed by atoms with Crippen molar-refractivity contribution in [2.75, 3.05) is 26.2 Å². The zero-order chi connectivity index (χ0) is 63.0. The monoisotopic (exact) mass is 1290 g/mol. The highest BCUT2D eigenvalue weighted by Gasteiger charge is 2.28. The molecule has 3 aromatic heterocycles. The Morgan fingerprint density at radius 3 is 0.875 bits per heavy atom. The zero-order valence-corrected chi connectivity index (χ0v) is 50.3. The van der Waals surface area contributed by atoms with Crippen LogP contribution in [0.25, 0.3) is 89.7 Å². The van der Waals surface area contributed by atoms with Gasteiger partial charge in [0, 0.05) is 95.7 Å². The van der Waals surface area contributed by atoms with Gasteiger partial charge in [0.15, 0.2) is 23.3 Å². The number of aromatic amines is 2. The fraction of sp³-hybridized carbons (Fsp3) is 0.357. The molecule has 8 bridgehead atoms. The number of carboxylic acids is 4. The smallest absolute Gasteiger partial charge is 0.303 e. The zero-order valence-electron chi connectivity index (χ0n) is 47.1. The van der Waals surface area contributed by atoms with Crippen LogP contribution in [0.5, 0.6) is 0 Å². The number of aliphatic carboxylic acids is 4. The molecule has 7 aromatic rings. The normalized spacial score (nSPS) is 12.5. The third-order valence-corrected chi connectivity index (χ3v) is 20.2. The van der Waals surface area contributed by atoms with Crippen molar-refractivity contribution in [1.29, 1.82) is 0 Å². The first-order chi connectivity index (χ1) is 41.9. The molecule has 0 fully saturated rings. The molecular formula is C56H62N12O16S4. The lowest BCUT2D eigenvalue weighted by Gasteiger charge is -2.08. The number of sulfonamides is 4. The number of hydrogen-bond acceptors (Lipinski definition) is 18. The van der Waals surface area contributed by atoms with E-state index < -0.39 is 64.0 Å². The van der Waals surface area contributed by atoms with Crippen LogP contribution >= 0.6 is 0 Å². The van der Waals surface area contributed by atoms with Crippen molar-refractivity contribution in [3.05, 3.63) is 72.8 Å². The Morgan fingerprint density at radius 2 is 0.580 bits per heavy atom. The van der Waals surface area contributed by atoms with E-state index in [1.807, 2.05) is 0 Å². The van der Waals surface area contributed by atoms with Gasteiger partial charge >= 0.3 is 23.9 Å². The topological polar surface area (TPSA) is 443 Å². The van der Waals surface area contributed by atoms with Crippen molar-refractivity contribution < 1.29 is 73.3 Å². The summed E-state index contributed by atoms with van der Waals surface area (Å²) in [5.74, 6) is -4.12. The van der Waals surface area contributed by atoms with Gasteiger partial charge in [-0.3, -0.25) is 19.2 Å². The van der Waals surface area contributed by atoms with E-state index in [9.17, 15) is 52.8 Å². The largest absolute Gasteiger partial charge is 0.481 e. The Balaban J connectivity index is 1.24. The van der Waals surface area contributed by atoms with Crippen LogP contribution in [0.4, 0.5) is 0 Å². The lowest BCUT2D eigenvalue weighted by atomic mass is 10.1. The molecule has 28 nitrogen and oxygen atoms in total. The number of carbonyl (C=O) groups is 4. The third kappa shape index (κ3) is 15.5. The van der Waals surface area contributed by atoms with E-state index in [1.165, 1.54) is 72.8 Å². The van der Waals surface area contributed by atoms with Gasteiger partial charge in [-0.25, -0.2) is 82.5 Å². The molecule has 9 rings (SSSR count). The van der Waals surface area contributed by atoms with Crippen molar-refractivity contribution >= 4 is 108 Å². The molecule has 5 heterocycles. The molecule has 0 aliphatic carbocycles. The van der Waals surface area contributed by atoms with E-state index >= 15 is 0 Å². The van der Waals surface area contributed by atoms with Crippen LogP contribution in [0.15, 0.2) is 92.4 Å². The summed E-state index contributed by atoms with van der Waals surface area (Å²) in [4.78, 5) is 79.2. The second-order valence-corrected chi connectivity index (χ2v) is 27.9. The molecule has 10 N–H and O–H groups in total. The van der Waals surface area contributed by atoms with Crippen LogP contribution in [-0.4, -0.2) is 144 Å². The van der Waals surface area contributed by atoms with E-state index in [0.717, 1.165) is 0 Å². The van der Waals surface area contributed by atoms with E-state index in [1.54, 1.807) is 0 Å². The minimum absolute atomic E-state index is 0.00240. The van der Waals surface area contributed by atoms with Crippen molar-refractivity contribution in [1.82, 2.24) is 58.8 Å². The van der Waals surface area contributed by atoms with E-state index in [0.29, 0.717) is 87.8 Å². The van der Waals surface area contributed by atoms with Gasteiger partial charge in [-0.05, 0) is 124 Å². The van der Waals surface area contributed by atoms with E-state index in [-0.39, 0.29) is 150 Å². The number of nitrogens with zero attached hydrogens (tertiary/aromatic N) is 6. The Hall–Kier alpha value is -8.24. The van der Waals surface area contributed by atoms with Crippen LogP contribution in [0.2, 0.25) is 0 Å². The second kappa shape index (κ2) is 27.4. The maximum atomic E-state index is 13.9. The molecule has 0 unspecified atom stereocenters. The molecule has 0 amide bonds. The predicted octanol–water partition coefficient (Wildman–Crippen LogP) is 6.56. The van der Waals surface area contributed by atoms with Gasteiger partial charge < -0.3 is 30.4 Å². The first-order valence-electron chi connectivity index (χ1n) is 28.1. The van der Waals surface area contributed by atoms with Crippen LogP contribution < -0.4 is 18.9 Å². The van der Waals surface area contributed by atoms with Gasteiger partial charge in [-0.2, -0.15) is 0 Å². The maximum absolute atomic E-state index is 13.9. The van der Waals surface area contributed by atoms with Crippen molar-refractivity contribution in [2.24, 2.45) is 0 Å². The lowest BCUT2D eigenvalue weighted by molar-refractivity contribution is -0.138. The minimum Gasteiger partial charge on any atom is -0.481 e. The average Bonchev–Trinajstić information content (AvgIpc) is 2.29. The summed E-state index contributed by atoms with van der Waals surface area (Å²) >= 11 is 0. The summed E-state index contributed by atoms with van der Waals surface area (Å²) in [5, 5.41) is 37.2. The average molecular weight is 1290 g/mol. The first-order valence-corrected chi connectivity index (χ1v) is 34.1. The Bertz CT molecular complexity index is 4250. The third-order valence-electron chi connectivity index (χ3n) is 14.4. The Labute approximate surface area is 504 Å². The minimum atomic E-state index is -4.22. The van der Waals surface area contributed by atoms with Gasteiger partial charge in [-0.1, -0.05) is 25.7 Å². The van der Waals surface area contributed by atoms with Gasteiger partial charge in [-0.15, -0.1) is 0 Å². The number of benzene rings is 4. The fourth-order valence-corrected chi connectivity index (χ4v) is 14.3. The number of carboxylic acid groups (broad SMARTS) is 4. The van der Waals surface area contributed by atoms with Crippen molar-refractivity contribution in [2.45, 2.75) is 122 Å². The van der Waals surface area contributed by atoms with Gasteiger partial charge in [0.1, 0.15) is 22.6 Å². The van der Waals surface area contributed by atoms with Gasteiger partial charge in [0.25, 0.3) is 0 Å². The number of fused-ring (bicyclic) bond motifs is 20. The molecule has 466 valence electrons. The summed E-state index contributed by atoms with van der Waals surface area (Å²) in [7, 11) is -16.9. The summed E-state index contributed by atoms with van der Waals surface area (Å²) < 4.78 is 121. The molecular weight excluding hydrogens is 1220 g/mol. The molecule has 32 heteroatoms. The van der Waals surface area contributed by atoms with Crippen molar-refractivity contribution in [3.63, 3.8) is 0 Å². The molecule has 0 saturated carbocycles. The molecule has 0 radical (unpaired) electrons. The maximum Gasteiger partial charge on any atom is 0.303 e. The van der Waals surface area contributed by atoms with E-state index in [4.69, 9.17) is 50.3 Å². The van der Waals surface area contributed by atoms with Crippen LogP contribution in [0.3, 0.4) is 0 Å². The molecule has 0 spiro atoms. The Morgan fingerprint density at radius 1 is 0.318 bits per heavy atom. The number of aromatic nitrogens is 8. The van der Waals surface area contributed by atoms with Crippen LogP contribution in [-0.2, 0) is 59.3 Å². The van der Waals surface area contributed by atoms with Gasteiger partial charge in [0.05, 0.1) is 19.6 Å². The summed E-state index contributed by atoms with van der Waals surface area (Å²) in [6.45, 7) is -0.0121. The number of hydrogen-bond donors (Lipinski definition) is 10. The summed E-state index contributed by atoms with van der Waals surface area (Å²) in [6, 6.07) is 16.6. The summed E-state index contributed by atoms with van der Waals surface area (Å²) in [6.07, 6.45) is 4.26. The van der Waals surface area contributed by atoms with Crippen LogP contribution in [0, 0.1) is 0 Å². The number of unbranched alkanes of at least 4 members (excludes halogenated alkanes) is 8. The fourth-order valence-electron chi connectivity index (χ4n) is 9.85. The lowest BCUT2D eigenvalue weighted by Crippen LogP contribution is -2.24. The molecule has 0 saturated heterocycles. The number of nitrogens with one attached hydrogen (secondary N) is 6.